The van der Waals surface area contributed by atoms with Crippen molar-refractivity contribution in [1.29, 1.82) is 0 Å². The normalized spacial score (nSPS) is 16.7. The standard InChI is InChI=1S/C10H13ClIN3S/c1-16-10-14-8(11)7(12)9(15-10)13-6-4-2-3-5-6/h6H,2-5H2,1H3,(H,13,14,15). The fraction of sp³-hybridized carbons (Fsp3) is 0.600. The van der Waals surface area contributed by atoms with Crippen LogP contribution in [0.4, 0.5) is 5.82 Å². The van der Waals surface area contributed by atoms with E-state index in [1.807, 2.05) is 6.26 Å². The predicted molar refractivity (Wildman–Crippen MR) is 77.4 cm³/mol. The fourth-order valence-corrected chi connectivity index (χ4v) is 2.83. The van der Waals surface area contributed by atoms with Gasteiger partial charge in [0.25, 0.3) is 0 Å². The number of rotatable bonds is 3. The number of aromatic nitrogens is 2. The van der Waals surface area contributed by atoms with Crippen LogP contribution in [-0.4, -0.2) is 22.3 Å². The van der Waals surface area contributed by atoms with E-state index in [1.165, 1.54) is 37.4 Å². The second-order valence-electron chi connectivity index (χ2n) is 3.79. The van der Waals surface area contributed by atoms with Crippen LogP contribution in [0.3, 0.4) is 0 Å². The highest BCUT2D eigenvalue weighted by Gasteiger charge is 2.18. The maximum atomic E-state index is 6.07. The van der Waals surface area contributed by atoms with Crippen molar-refractivity contribution in [3.05, 3.63) is 8.72 Å². The Morgan fingerprint density at radius 2 is 2.06 bits per heavy atom. The SMILES string of the molecule is CSc1nc(Cl)c(I)c(NC2CCCC2)n1. The number of thioether (sulfide) groups is 1. The van der Waals surface area contributed by atoms with Crippen molar-refractivity contribution < 1.29 is 0 Å². The lowest BCUT2D eigenvalue weighted by molar-refractivity contribution is 0.744. The molecule has 0 atom stereocenters. The Morgan fingerprint density at radius 1 is 1.38 bits per heavy atom. The summed E-state index contributed by atoms with van der Waals surface area (Å²) >= 11 is 9.78. The lowest BCUT2D eigenvalue weighted by atomic mass is 10.2. The highest BCUT2D eigenvalue weighted by molar-refractivity contribution is 14.1. The van der Waals surface area contributed by atoms with Crippen molar-refractivity contribution in [3.63, 3.8) is 0 Å². The van der Waals surface area contributed by atoms with Gasteiger partial charge in [-0.25, -0.2) is 9.97 Å². The zero-order valence-corrected chi connectivity index (χ0v) is 12.7. The van der Waals surface area contributed by atoms with Gasteiger partial charge < -0.3 is 5.32 Å². The molecule has 2 rings (SSSR count). The van der Waals surface area contributed by atoms with Gasteiger partial charge in [0.1, 0.15) is 11.0 Å². The minimum Gasteiger partial charge on any atom is -0.366 e. The maximum Gasteiger partial charge on any atom is 0.190 e. The Hall–Kier alpha value is 0.250. The van der Waals surface area contributed by atoms with Gasteiger partial charge in [0, 0.05) is 6.04 Å². The summed E-state index contributed by atoms with van der Waals surface area (Å²) in [6.07, 6.45) is 7.03. The Morgan fingerprint density at radius 3 is 2.69 bits per heavy atom. The number of hydrogen-bond donors (Lipinski definition) is 1. The van der Waals surface area contributed by atoms with Crippen LogP contribution in [-0.2, 0) is 0 Å². The van der Waals surface area contributed by atoms with Crippen molar-refractivity contribution in [2.75, 3.05) is 11.6 Å². The minimum atomic E-state index is 0.542. The van der Waals surface area contributed by atoms with Crippen LogP contribution in [0.5, 0.6) is 0 Å². The molecule has 0 unspecified atom stereocenters. The van der Waals surface area contributed by atoms with Gasteiger partial charge in [0.05, 0.1) is 3.57 Å². The summed E-state index contributed by atoms with van der Waals surface area (Å²) in [5.41, 5.74) is 0. The molecule has 1 N–H and O–H groups in total. The van der Waals surface area contributed by atoms with Crippen LogP contribution in [0.25, 0.3) is 0 Å². The fourth-order valence-electron chi connectivity index (χ4n) is 1.85. The molecule has 0 radical (unpaired) electrons. The van der Waals surface area contributed by atoms with E-state index in [-0.39, 0.29) is 0 Å². The number of nitrogens with zero attached hydrogens (tertiary/aromatic N) is 2. The number of nitrogens with one attached hydrogen (secondary N) is 1. The molecule has 0 amide bonds. The van der Waals surface area contributed by atoms with Gasteiger partial charge in [-0.2, -0.15) is 0 Å². The van der Waals surface area contributed by atoms with Gasteiger partial charge in [-0.15, -0.1) is 0 Å². The van der Waals surface area contributed by atoms with Crippen molar-refractivity contribution in [3.8, 4) is 0 Å². The largest absolute Gasteiger partial charge is 0.366 e. The van der Waals surface area contributed by atoms with E-state index in [1.54, 1.807) is 0 Å². The van der Waals surface area contributed by atoms with Crippen molar-refractivity contribution in [2.24, 2.45) is 0 Å². The first-order valence-corrected chi connectivity index (χ1v) is 7.92. The molecule has 88 valence electrons. The zero-order valence-electron chi connectivity index (χ0n) is 8.96. The number of hydrogen-bond acceptors (Lipinski definition) is 4. The average molecular weight is 370 g/mol. The molecule has 3 nitrogen and oxygen atoms in total. The summed E-state index contributed by atoms with van der Waals surface area (Å²) in [5.74, 6) is 0.886. The second-order valence-corrected chi connectivity index (χ2v) is 6.00. The van der Waals surface area contributed by atoms with Gasteiger partial charge in [0.15, 0.2) is 5.16 Å². The molecular formula is C10H13ClIN3S. The van der Waals surface area contributed by atoms with Gasteiger partial charge >= 0.3 is 0 Å². The van der Waals surface area contributed by atoms with Gasteiger partial charge in [-0.1, -0.05) is 36.2 Å². The lowest BCUT2D eigenvalue weighted by Crippen LogP contribution is -2.17. The highest BCUT2D eigenvalue weighted by atomic mass is 127. The summed E-state index contributed by atoms with van der Waals surface area (Å²) in [5, 5.41) is 4.74. The smallest absolute Gasteiger partial charge is 0.190 e. The molecule has 1 aliphatic carbocycles. The first-order valence-electron chi connectivity index (χ1n) is 5.24. The third-order valence-corrected chi connectivity index (χ3v) is 4.83. The minimum absolute atomic E-state index is 0.542. The molecule has 1 aliphatic rings. The maximum absolute atomic E-state index is 6.07. The molecule has 1 fully saturated rings. The molecule has 0 bridgehead atoms. The van der Waals surface area contributed by atoms with Gasteiger partial charge in [-0.3, -0.25) is 0 Å². The molecule has 0 aliphatic heterocycles. The van der Waals surface area contributed by atoms with Crippen LogP contribution >= 0.6 is 46.0 Å². The van der Waals surface area contributed by atoms with E-state index in [9.17, 15) is 0 Å². The quantitative estimate of drug-likeness (QED) is 0.380. The Labute approximate surface area is 118 Å². The number of anilines is 1. The molecule has 6 heteroatoms. The Bertz CT molecular complexity index is 383. The van der Waals surface area contributed by atoms with E-state index >= 15 is 0 Å². The third kappa shape index (κ3) is 2.92. The van der Waals surface area contributed by atoms with Crippen molar-refractivity contribution >= 4 is 51.8 Å². The third-order valence-electron chi connectivity index (χ3n) is 2.67. The lowest BCUT2D eigenvalue weighted by Gasteiger charge is -2.14. The summed E-state index contributed by atoms with van der Waals surface area (Å²) in [6.45, 7) is 0. The monoisotopic (exact) mass is 369 g/mol. The predicted octanol–water partition coefficient (Wildman–Crippen LogP) is 3.81. The molecular weight excluding hydrogens is 357 g/mol. The van der Waals surface area contributed by atoms with E-state index in [0.717, 1.165) is 14.5 Å². The molecule has 1 heterocycles. The molecule has 1 aromatic heterocycles. The summed E-state index contributed by atoms with van der Waals surface area (Å²) in [7, 11) is 0. The van der Waals surface area contributed by atoms with Crippen LogP contribution in [0.1, 0.15) is 25.7 Å². The zero-order chi connectivity index (χ0) is 11.5. The van der Waals surface area contributed by atoms with Crippen LogP contribution < -0.4 is 5.32 Å². The van der Waals surface area contributed by atoms with Crippen LogP contribution in [0.2, 0.25) is 5.15 Å². The van der Waals surface area contributed by atoms with Crippen molar-refractivity contribution in [1.82, 2.24) is 9.97 Å². The van der Waals surface area contributed by atoms with Crippen LogP contribution in [0, 0.1) is 3.57 Å². The first kappa shape index (κ1) is 12.7. The van der Waals surface area contributed by atoms with Crippen LogP contribution in [0.15, 0.2) is 5.16 Å². The molecule has 1 aromatic rings. The first-order chi connectivity index (χ1) is 7.70. The second kappa shape index (κ2) is 5.73. The van der Waals surface area contributed by atoms with E-state index in [4.69, 9.17) is 11.6 Å². The summed E-state index contributed by atoms with van der Waals surface area (Å²) in [4.78, 5) is 8.66. The van der Waals surface area contributed by atoms with Gasteiger partial charge in [-0.05, 0) is 41.7 Å². The average Bonchev–Trinajstić information content (AvgIpc) is 2.77. The number of halogens is 2. The van der Waals surface area contributed by atoms with E-state index in [0.29, 0.717) is 11.2 Å². The molecule has 0 spiro atoms. The summed E-state index contributed by atoms with van der Waals surface area (Å²) in [6, 6.07) is 0.550. The van der Waals surface area contributed by atoms with E-state index in [2.05, 4.69) is 37.9 Å². The highest BCUT2D eigenvalue weighted by Crippen LogP contribution is 2.28. The summed E-state index contributed by atoms with van der Waals surface area (Å²) < 4.78 is 0.920. The van der Waals surface area contributed by atoms with E-state index < -0.39 is 0 Å². The van der Waals surface area contributed by atoms with Crippen molar-refractivity contribution in [2.45, 2.75) is 36.9 Å². The Balaban J connectivity index is 2.20. The Kier molecular flexibility index (Phi) is 4.55. The van der Waals surface area contributed by atoms with Gasteiger partial charge in [0.2, 0.25) is 0 Å². The molecule has 16 heavy (non-hydrogen) atoms. The molecule has 0 saturated heterocycles. The molecule has 0 aromatic carbocycles. The topological polar surface area (TPSA) is 37.8 Å². The molecule has 1 saturated carbocycles.